The maximum atomic E-state index is 5.79. The third kappa shape index (κ3) is 3.87. The molecule has 1 fully saturated rings. The summed E-state index contributed by atoms with van der Waals surface area (Å²) in [4.78, 5) is 0. The van der Waals surface area contributed by atoms with Crippen molar-refractivity contribution in [2.45, 2.75) is 51.7 Å². The van der Waals surface area contributed by atoms with Crippen LogP contribution in [0.1, 0.15) is 38.2 Å². The van der Waals surface area contributed by atoms with Gasteiger partial charge in [0, 0.05) is 12.6 Å². The average Bonchev–Trinajstić information content (AvgIpc) is 2.41. The topological polar surface area (TPSA) is 30.5 Å². The summed E-state index contributed by atoms with van der Waals surface area (Å²) >= 11 is 0. The van der Waals surface area contributed by atoms with Crippen LogP contribution in [0, 0.1) is 6.92 Å². The first kappa shape index (κ1) is 14.2. The lowest BCUT2D eigenvalue weighted by Crippen LogP contribution is -2.34. The molecule has 19 heavy (non-hydrogen) atoms. The Morgan fingerprint density at radius 3 is 3.00 bits per heavy atom. The molecule has 0 saturated carbocycles. The number of nitrogens with one attached hydrogen (secondary N) is 1. The third-order valence-corrected chi connectivity index (χ3v) is 3.69. The summed E-state index contributed by atoms with van der Waals surface area (Å²) in [6.45, 7) is 5.15. The Kier molecular flexibility index (Phi) is 5.08. The van der Waals surface area contributed by atoms with Crippen LogP contribution in [-0.4, -0.2) is 25.9 Å². The van der Waals surface area contributed by atoms with Gasteiger partial charge in [-0.2, -0.15) is 0 Å². The Morgan fingerprint density at radius 2 is 2.26 bits per heavy atom. The zero-order valence-corrected chi connectivity index (χ0v) is 12.2. The molecule has 0 amide bonds. The summed E-state index contributed by atoms with van der Waals surface area (Å²) in [6.07, 6.45) is 4.91. The van der Waals surface area contributed by atoms with Crippen LogP contribution in [-0.2, 0) is 4.74 Å². The fraction of sp³-hybridized carbons (Fsp3) is 0.625. The SMILES string of the molecule is CCCC1CC(Nc2ccc(C)cc2OC)CCO1. The predicted octanol–water partition coefficient (Wildman–Crippen LogP) is 3.76. The fourth-order valence-electron chi connectivity index (χ4n) is 2.67. The average molecular weight is 263 g/mol. The molecule has 0 bridgehead atoms. The van der Waals surface area contributed by atoms with Crippen LogP contribution >= 0.6 is 0 Å². The van der Waals surface area contributed by atoms with Crippen LogP contribution in [0.2, 0.25) is 0 Å². The molecule has 3 heteroatoms. The normalized spacial score (nSPS) is 23.1. The minimum Gasteiger partial charge on any atom is -0.495 e. The van der Waals surface area contributed by atoms with E-state index in [1.165, 1.54) is 12.0 Å². The zero-order valence-electron chi connectivity index (χ0n) is 12.2. The van der Waals surface area contributed by atoms with Crippen molar-refractivity contribution in [1.29, 1.82) is 0 Å². The number of aryl methyl sites for hydroxylation is 1. The van der Waals surface area contributed by atoms with Crippen LogP contribution in [0.15, 0.2) is 18.2 Å². The second-order valence-electron chi connectivity index (χ2n) is 5.35. The summed E-state index contributed by atoms with van der Waals surface area (Å²) in [5, 5.41) is 3.61. The first-order valence-electron chi connectivity index (χ1n) is 7.25. The Bertz CT molecular complexity index is 404. The molecule has 3 nitrogen and oxygen atoms in total. The fourth-order valence-corrected chi connectivity index (χ4v) is 2.67. The molecule has 1 aliphatic heterocycles. The van der Waals surface area contributed by atoms with Crippen molar-refractivity contribution in [3.8, 4) is 5.75 Å². The van der Waals surface area contributed by atoms with Gasteiger partial charge in [0.1, 0.15) is 5.75 Å². The second-order valence-corrected chi connectivity index (χ2v) is 5.35. The molecule has 106 valence electrons. The minimum atomic E-state index is 0.410. The van der Waals surface area contributed by atoms with E-state index in [0.717, 1.165) is 37.3 Å². The van der Waals surface area contributed by atoms with Gasteiger partial charge in [-0.05, 0) is 43.9 Å². The van der Waals surface area contributed by atoms with Gasteiger partial charge >= 0.3 is 0 Å². The predicted molar refractivity (Wildman–Crippen MR) is 79.0 cm³/mol. The number of hydrogen-bond acceptors (Lipinski definition) is 3. The van der Waals surface area contributed by atoms with Gasteiger partial charge in [-0.25, -0.2) is 0 Å². The highest BCUT2D eigenvalue weighted by Gasteiger charge is 2.22. The molecule has 1 aliphatic rings. The maximum Gasteiger partial charge on any atom is 0.142 e. The van der Waals surface area contributed by atoms with E-state index < -0.39 is 0 Å². The molecule has 2 unspecified atom stereocenters. The summed E-state index contributed by atoms with van der Waals surface area (Å²) < 4.78 is 11.2. The largest absolute Gasteiger partial charge is 0.495 e. The second kappa shape index (κ2) is 6.80. The molecule has 0 aliphatic carbocycles. The van der Waals surface area contributed by atoms with E-state index in [4.69, 9.17) is 9.47 Å². The lowest BCUT2D eigenvalue weighted by Gasteiger charge is -2.31. The maximum absolute atomic E-state index is 5.79. The summed E-state index contributed by atoms with van der Waals surface area (Å²) in [6, 6.07) is 6.79. The number of ether oxygens (including phenoxy) is 2. The Morgan fingerprint density at radius 1 is 1.42 bits per heavy atom. The monoisotopic (exact) mass is 263 g/mol. The van der Waals surface area contributed by atoms with Gasteiger partial charge in [0.05, 0.1) is 18.9 Å². The smallest absolute Gasteiger partial charge is 0.142 e. The number of rotatable bonds is 5. The molecule has 0 radical (unpaired) electrons. The van der Waals surface area contributed by atoms with E-state index in [0.29, 0.717) is 12.1 Å². The van der Waals surface area contributed by atoms with Crippen molar-refractivity contribution in [3.63, 3.8) is 0 Å². The number of methoxy groups -OCH3 is 1. The highest BCUT2D eigenvalue weighted by molar-refractivity contribution is 5.58. The van der Waals surface area contributed by atoms with Gasteiger partial charge in [-0.3, -0.25) is 0 Å². The van der Waals surface area contributed by atoms with E-state index >= 15 is 0 Å². The van der Waals surface area contributed by atoms with E-state index in [2.05, 4.69) is 37.4 Å². The van der Waals surface area contributed by atoms with Gasteiger partial charge in [-0.1, -0.05) is 19.4 Å². The van der Waals surface area contributed by atoms with Crippen molar-refractivity contribution in [2.24, 2.45) is 0 Å². The van der Waals surface area contributed by atoms with Crippen molar-refractivity contribution in [1.82, 2.24) is 0 Å². The molecule has 1 aromatic rings. The molecule has 1 N–H and O–H groups in total. The Labute approximate surface area is 116 Å². The summed E-state index contributed by atoms with van der Waals surface area (Å²) in [5.74, 6) is 0.929. The molecule has 0 spiro atoms. The van der Waals surface area contributed by atoms with Crippen LogP contribution in [0.5, 0.6) is 5.75 Å². The molecule has 1 heterocycles. The first-order chi connectivity index (χ1) is 9.22. The van der Waals surface area contributed by atoms with Gasteiger partial charge in [0.25, 0.3) is 0 Å². The van der Waals surface area contributed by atoms with E-state index in [-0.39, 0.29) is 0 Å². The number of benzene rings is 1. The van der Waals surface area contributed by atoms with Crippen LogP contribution < -0.4 is 10.1 Å². The van der Waals surface area contributed by atoms with Gasteiger partial charge in [0.2, 0.25) is 0 Å². The van der Waals surface area contributed by atoms with Crippen LogP contribution in [0.25, 0.3) is 0 Å². The lowest BCUT2D eigenvalue weighted by molar-refractivity contribution is 0.00595. The number of hydrogen-bond donors (Lipinski definition) is 1. The van der Waals surface area contributed by atoms with Crippen LogP contribution in [0.4, 0.5) is 5.69 Å². The molecular formula is C16H25NO2. The molecular weight excluding hydrogens is 238 g/mol. The van der Waals surface area contributed by atoms with E-state index in [9.17, 15) is 0 Å². The van der Waals surface area contributed by atoms with Crippen molar-refractivity contribution in [3.05, 3.63) is 23.8 Å². The highest BCUT2D eigenvalue weighted by Crippen LogP contribution is 2.28. The zero-order chi connectivity index (χ0) is 13.7. The van der Waals surface area contributed by atoms with Gasteiger partial charge < -0.3 is 14.8 Å². The van der Waals surface area contributed by atoms with Gasteiger partial charge in [0.15, 0.2) is 0 Å². The quantitative estimate of drug-likeness (QED) is 0.877. The van der Waals surface area contributed by atoms with Crippen molar-refractivity contribution >= 4 is 5.69 Å². The van der Waals surface area contributed by atoms with Crippen molar-refractivity contribution < 1.29 is 9.47 Å². The minimum absolute atomic E-state index is 0.410. The standard InChI is InChI=1S/C16H25NO2/c1-4-5-14-11-13(8-9-19-14)17-15-7-6-12(2)10-16(15)18-3/h6-7,10,13-14,17H,4-5,8-9,11H2,1-3H3. The first-order valence-corrected chi connectivity index (χ1v) is 7.25. The molecule has 1 aromatic carbocycles. The summed E-state index contributed by atoms with van der Waals surface area (Å²) in [5.41, 5.74) is 2.31. The summed E-state index contributed by atoms with van der Waals surface area (Å²) in [7, 11) is 1.73. The molecule has 2 rings (SSSR count). The third-order valence-electron chi connectivity index (χ3n) is 3.69. The molecule has 2 atom stereocenters. The molecule has 0 aromatic heterocycles. The van der Waals surface area contributed by atoms with E-state index in [1.807, 2.05) is 0 Å². The molecule has 1 saturated heterocycles. The van der Waals surface area contributed by atoms with E-state index in [1.54, 1.807) is 7.11 Å². The highest BCUT2D eigenvalue weighted by atomic mass is 16.5. The lowest BCUT2D eigenvalue weighted by atomic mass is 9.99. The Hall–Kier alpha value is -1.22. The Balaban J connectivity index is 2.00. The van der Waals surface area contributed by atoms with Crippen molar-refractivity contribution in [2.75, 3.05) is 19.0 Å². The van der Waals surface area contributed by atoms with Gasteiger partial charge in [-0.15, -0.1) is 0 Å². The van der Waals surface area contributed by atoms with Crippen LogP contribution in [0.3, 0.4) is 0 Å². The number of anilines is 1.